The number of hydrogen-bond acceptors (Lipinski definition) is 4. The maximum Gasteiger partial charge on any atom is 0.187 e. The Kier molecular flexibility index (Phi) is 4.76. The molecule has 0 fully saturated rings. The Morgan fingerprint density at radius 3 is 2.80 bits per heavy atom. The van der Waals surface area contributed by atoms with Gasteiger partial charge in [0.25, 0.3) is 0 Å². The van der Waals surface area contributed by atoms with Crippen LogP contribution in [0.2, 0.25) is 0 Å². The molecule has 0 aromatic carbocycles. The highest BCUT2D eigenvalue weighted by Gasteiger charge is 2.16. The monoisotopic (exact) mass is 247 g/mol. The second kappa shape index (κ2) is 5.63. The van der Waals surface area contributed by atoms with Gasteiger partial charge < -0.3 is 5.32 Å². The van der Waals surface area contributed by atoms with Crippen molar-refractivity contribution in [2.75, 3.05) is 12.3 Å². The minimum atomic E-state index is -3.05. The molecule has 0 spiro atoms. The molecule has 1 unspecified atom stereocenters. The molecule has 0 aliphatic heterocycles. The van der Waals surface area contributed by atoms with Crippen LogP contribution in [0.4, 0.5) is 0 Å². The second-order valence-corrected chi connectivity index (χ2v) is 6.78. The van der Waals surface area contributed by atoms with Crippen LogP contribution in [0.5, 0.6) is 0 Å². The fourth-order valence-corrected chi connectivity index (χ4v) is 3.93. The zero-order valence-corrected chi connectivity index (χ0v) is 10.7. The average Bonchev–Trinajstić information content (AvgIpc) is 2.69. The molecule has 1 aromatic rings. The van der Waals surface area contributed by atoms with Crippen molar-refractivity contribution in [3.05, 3.63) is 17.5 Å². The minimum Gasteiger partial charge on any atom is -0.314 e. The van der Waals surface area contributed by atoms with Gasteiger partial charge >= 0.3 is 0 Å². The van der Waals surface area contributed by atoms with E-state index in [1.165, 1.54) is 11.3 Å². The van der Waals surface area contributed by atoms with Gasteiger partial charge in [-0.15, -0.1) is 11.3 Å². The molecule has 1 heterocycles. The molecule has 1 N–H and O–H groups in total. The SMILES string of the molecule is CCNC(C)CCS(=O)(=O)c1cccs1. The van der Waals surface area contributed by atoms with Gasteiger partial charge in [0.1, 0.15) is 4.21 Å². The Bertz CT molecular complexity index is 370. The van der Waals surface area contributed by atoms with E-state index in [9.17, 15) is 8.42 Å². The highest BCUT2D eigenvalue weighted by atomic mass is 32.2. The first kappa shape index (κ1) is 12.7. The predicted molar refractivity (Wildman–Crippen MR) is 64.1 cm³/mol. The standard InChI is InChI=1S/C10H17NO2S2/c1-3-11-9(2)6-8-15(12,13)10-5-4-7-14-10/h4-5,7,9,11H,3,6,8H2,1-2H3. The predicted octanol–water partition coefficient (Wildman–Crippen LogP) is 1.91. The molecule has 1 aromatic heterocycles. The largest absolute Gasteiger partial charge is 0.314 e. The lowest BCUT2D eigenvalue weighted by molar-refractivity contribution is 0.541. The Morgan fingerprint density at radius 2 is 2.27 bits per heavy atom. The van der Waals surface area contributed by atoms with E-state index in [-0.39, 0.29) is 11.8 Å². The molecule has 1 rings (SSSR count). The summed E-state index contributed by atoms with van der Waals surface area (Å²) in [5.41, 5.74) is 0. The summed E-state index contributed by atoms with van der Waals surface area (Å²) in [6, 6.07) is 3.69. The summed E-state index contributed by atoms with van der Waals surface area (Å²) in [6.07, 6.45) is 0.661. The maximum absolute atomic E-state index is 11.8. The van der Waals surface area contributed by atoms with E-state index in [1.54, 1.807) is 17.5 Å². The third-order valence-electron chi connectivity index (χ3n) is 2.17. The average molecular weight is 247 g/mol. The fraction of sp³-hybridized carbons (Fsp3) is 0.600. The third kappa shape index (κ3) is 3.93. The minimum absolute atomic E-state index is 0.224. The van der Waals surface area contributed by atoms with Crippen molar-refractivity contribution >= 4 is 21.2 Å². The van der Waals surface area contributed by atoms with Crippen molar-refractivity contribution in [2.24, 2.45) is 0 Å². The van der Waals surface area contributed by atoms with E-state index in [0.29, 0.717) is 10.6 Å². The molecule has 0 saturated heterocycles. The molecule has 5 heteroatoms. The van der Waals surface area contributed by atoms with E-state index >= 15 is 0 Å². The lowest BCUT2D eigenvalue weighted by Gasteiger charge is -2.11. The van der Waals surface area contributed by atoms with Gasteiger partial charge in [-0.25, -0.2) is 8.42 Å². The number of nitrogens with one attached hydrogen (secondary N) is 1. The van der Waals surface area contributed by atoms with Crippen LogP contribution in [0.15, 0.2) is 21.7 Å². The molecule has 86 valence electrons. The summed E-state index contributed by atoms with van der Waals surface area (Å²) >= 11 is 1.29. The summed E-state index contributed by atoms with van der Waals surface area (Å²) in [5, 5.41) is 4.99. The van der Waals surface area contributed by atoms with Gasteiger partial charge in [-0.1, -0.05) is 13.0 Å². The van der Waals surface area contributed by atoms with E-state index in [4.69, 9.17) is 0 Å². The smallest absolute Gasteiger partial charge is 0.187 e. The van der Waals surface area contributed by atoms with Crippen molar-refractivity contribution < 1.29 is 8.42 Å². The topological polar surface area (TPSA) is 46.2 Å². The number of hydrogen-bond donors (Lipinski definition) is 1. The molecule has 0 radical (unpaired) electrons. The number of thiophene rings is 1. The Labute approximate surface area is 95.4 Å². The van der Waals surface area contributed by atoms with Gasteiger partial charge in [0, 0.05) is 6.04 Å². The highest BCUT2D eigenvalue weighted by molar-refractivity contribution is 7.93. The number of rotatable bonds is 6. The van der Waals surface area contributed by atoms with Crippen molar-refractivity contribution in [1.29, 1.82) is 0 Å². The van der Waals surface area contributed by atoms with Crippen LogP contribution >= 0.6 is 11.3 Å². The van der Waals surface area contributed by atoms with Crippen LogP contribution in [-0.4, -0.2) is 26.8 Å². The molecular weight excluding hydrogens is 230 g/mol. The van der Waals surface area contributed by atoms with Crippen LogP contribution < -0.4 is 5.32 Å². The highest BCUT2D eigenvalue weighted by Crippen LogP contribution is 2.18. The molecule has 3 nitrogen and oxygen atoms in total. The van der Waals surface area contributed by atoms with Gasteiger partial charge in [-0.05, 0) is 31.3 Å². The molecule has 15 heavy (non-hydrogen) atoms. The zero-order chi connectivity index (χ0) is 11.3. The van der Waals surface area contributed by atoms with Gasteiger partial charge in [0.2, 0.25) is 0 Å². The molecule has 0 amide bonds. The van der Waals surface area contributed by atoms with E-state index < -0.39 is 9.84 Å². The van der Waals surface area contributed by atoms with Gasteiger partial charge in [0.15, 0.2) is 9.84 Å². The van der Waals surface area contributed by atoms with Crippen molar-refractivity contribution in [3.8, 4) is 0 Å². The Morgan fingerprint density at radius 1 is 1.53 bits per heavy atom. The van der Waals surface area contributed by atoms with E-state index in [1.807, 2.05) is 13.8 Å². The molecule has 0 aliphatic carbocycles. The van der Waals surface area contributed by atoms with Crippen molar-refractivity contribution in [1.82, 2.24) is 5.32 Å². The Balaban J connectivity index is 2.52. The van der Waals surface area contributed by atoms with E-state index in [2.05, 4.69) is 5.32 Å². The summed E-state index contributed by atoms with van der Waals surface area (Å²) in [5.74, 6) is 0.224. The third-order valence-corrected chi connectivity index (χ3v) is 5.41. The lowest BCUT2D eigenvalue weighted by Crippen LogP contribution is -2.27. The summed E-state index contributed by atoms with van der Waals surface area (Å²) in [7, 11) is -3.05. The first-order valence-corrected chi connectivity index (χ1v) is 7.59. The summed E-state index contributed by atoms with van der Waals surface area (Å²) < 4.78 is 24.0. The molecule has 0 saturated carbocycles. The van der Waals surface area contributed by atoms with Crippen LogP contribution in [0.3, 0.4) is 0 Å². The molecule has 1 atom stereocenters. The summed E-state index contributed by atoms with van der Waals surface area (Å²) in [6.45, 7) is 4.90. The van der Waals surface area contributed by atoms with Gasteiger partial charge in [-0.3, -0.25) is 0 Å². The van der Waals surface area contributed by atoms with Crippen LogP contribution in [0.25, 0.3) is 0 Å². The maximum atomic E-state index is 11.8. The fourth-order valence-electron chi connectivity index (χ4n) is 1.32. The summed E-state index contributed by atoms with van der Waals surface area (Å²) in [4.78, 5) is 0. The number of sulfone groups is 1. The van der Waals surface area contributed by atoms with Crippen LogP contribution in [0, 0.1) is 0 Å². The molecule has 0 bridgehead atoms. The normalized spacial score (nSPS) is 14.0. The quantitative estimate of drug-likeness (QED) is 0.835. The second-order valence-electron chi connectivity index (χ2n) is 3.50. The van der Waals surface area contributed by atoms with Crippen LogP contribution in [0.1, 0.15) is 20.3 Å². The molecular formula is C10H17NO2S2. The van der Waals surface area contributed by atoms with Crippen molar-refractivity contribution in [3.63, 3.8) is 0 Å². The lowest BCUT2D eigenvalue weighted by atomic mass is 10.3. The Hall–Kier alpha value is -0.390. The van der Waals surface area contributed by atoms with E-state index in [0.717, 1.165) is 6.54 Å². The van der Waals surface area contributed by atoms with Gasteiger partial charge in [-0.2, -0.15) is 0 Å². The molecule has 0 aliphatic rings. The first-order chi connectivity index (χ1) is 7.06. The van der Waals surface area contributed by atoms with Crippen molar-refractivity contribution in [2.45, 2.75) is 30.5 Å². The first-order valence-electron chi connectivity index (χ1n) is 5.06. The van der Waals surface area contributed by atoms with Crippen LogP contribution in [-0.2, 0) is 9.84 Å². The van der Waals surface area contributed by atoms with Gasteiger partial charge in [0.05, 0.1) is 5.75 Å². The zero-order valence-electron chi connectivity index (χ0n) is 9.06.